The van der Waals surface area contributed by atoms with Gasteiger partial charge in [-0.3, -0.25) is 0 Å². The first-order chi connectivity index (χ1) is 9.52. The largest absolute Gasteiger partial charge is 0.389 e. The summed E-state index contributed by atoms with van der Waals surface area (Å²) in [5, 5.41) is 9.87. The van der Waals surface area contributed by atoms with Crippen LogP contribution >= 0.6 is 0 Å². The number of nitrogens with zero attached hydrogens (tertiary/aromatic N) is 1. The third-order valence-corrected chi connectivity index (χ3v) is 4.12. The van der Waals surface area contributed by atoms with Crippen LogP contribution in [0.1, 0.15) is 37.0 Å². The minimum atomic E-state index is -0.656. The van der Waals surface area contributed by atoms with Gasteiger partial charge in [0.2, 0.25) is 0 Å². The van der Waals surface area contributed by atoms with Crippen molar-refractivity contribution in [2.45, 2.75) is 32.8 Å². The lowest BCUT2D eigenvalue weighted by Crippen LogP contribution is -2.35. The Morgan fingerprint density at radius 2 is 2.05 bits per heavy atom. The maximum absolute atomic E-state index is 13.7. The summed E-state index contributed by atoms with van der Waals surface area (Å²) >= 11 is 0. The lowest BCUT2D eigenvalue weighted by Gasteiger charge is -2.35. The highest BCUT2D eigenvalue weighted by molar-refractivity contribution is 5.57. The molecule has 0 amide bonds. The maximum Gasteiger partial charge on any atom is 0.126 e. The van der Waals surface area contributed by atoms with Gasteiger partial charge in [0.15, 0.2) is 0 Å². The Labute approximate surface area is 120 Å². The molecule has 1 N–H and O–H groups in total. The van der Waals surface area contributed by atoms with E-state index in [1.165, 1.54) is 6.07 Å². The number of piperidine rings is 1. The third-order valence-electron chi connectivity index (χ3n) is 4.12. The summed E-state index contributed by atoms with van der Waals surface area (Å²) in [5.41, 5.74) is 2.27. The number of methoxy groups -OCH3 is 1. The van der Waals surface area contributed by atoms with Gasteiger partial charge in [-0.05, 0) is 50.3 Å². The van der Waals surface area contributed by atoms with Crippen LogP contribution < -0.4 is 4.90 Å². The van der Waals surface area contributed by atoms with Gasteiger partial charge in [-0.1, -0.05) is 0 Å². The minimum absolute atomic E-state index is 0.251. The molecule has 1 atom stereocenters. The molecule has 1 fully saturated rings. The number of hydrogen-bond acceptors (Lipinski definition) is 3. The van der Waals surface area contributed by atoms with Gasteiger partial charge in [0.05, 0.1) is 6.10 Å². The summed E-state index contributed by atoms with van der Waals surface area (Å²) in [6.45, 7) is 6.12. The fourth-order valence-electron chi connectivity index (χ4n) is 2.87. The second kappa shape index (κ2) is 6.55. The Bertz CT molecular complexity index is 454. The maximum atomic E-state index is 13.7. The lowest BCUT2D eigenvalue weighted by atomic mass is 9.95. The number of ether oxygens (including phenoxy) is 1. The molecule has 112 valence electrons. The van der Waals surface area contributed by atoms with Crippen molar-refractivity contribution >= 4 is 5.69 Å². The van der Waals surface area contributed by atoms with Crippen LogP contribution in [0.3, 0.4) is 0 Å². The van der Waals surface area contributed by atoms with Crippen LogP contribution in [0.15, 0.2) is 12.1 Å². The molecule has 0 spiro atoms. The van der Waals surface area contributed by atoms with E-state index < -0.39 is 6.10 Å². The van der Waals surface area contributed by atoms with Gasteiger partial charge < -0.3 is 14.7 Å². The number of halogens is 1. The van der Waals surface area contributed by atoms with E-state index >= 15 is 0 Å². The molecule has 1 aliphatic heterocycles. The molecule has 1 aliphatic rings. The monoisotopic (exact) mass is 281 g/mol. The van der Waals surface area contributed by atoms with Crippen LogP contribution in [0.25, 0.3) is 0 Å². The first-order valence-electron chi connectivity index (χ1n) is 7.25. The molecule has 1 saturated heterocycles. The first kappa shape index (κ1) is 15.3. The van der Waals surface area contributed by atoms with Crippen LogP contribution in [-0.2, 0) is 4.74 Å². The Balaban J connectivity index is 2.18. The molecule has 4 heteroatoms. The number of anilines is 1. The smallest absolute Gasteiger partial charge is 0.126 e. The molecule has 1 aromatic carbocycles. The van der Waals surface area contributed by atoms with Gasteiger partial charge in [0.25, 0.3) is 0 Å². The van der Waals surface area contributed by atoms with E-state index in [4.69, 9.17) is 4.74 Å². The molecule has 0 aliphatic carbocycles. The van der Waals surface area contributed by atoms with Crippen LogP contribution in [0.4, 0.5) is 10.1 Å². The average Bonchev–Trinajstić information content (AvgIpc) is 2.42. The number of aryl methyl sites for hydroxylation is 1. The summed E-state index contributed by atoms with van der Waals surface area (Å²) in [6, 6.07) is 3.32. The Morgan fingerprint density at radius 1 is 1.40 bits per heavy atom. The standard InChI is InChI=1S/C16H24FNO2/c1-11-8-16(14(12(2)19)9-15(11)17)18-6-4-13(5-7-18)10-20-3/h8-9,12-13,19H,4-7,10H2,1-3H3/t12-/m1/s1. The van der Waals surface area contributed by atoms with Gasteiger partial charge >= 0.3 is 0 Å². The van der Waals surface area contributed by atoms with Crippen LogP contribution in [0.2, 0.25) is 0 Å². The Kier molecular flexibility index (Phi) is 5.00. The third kappa shape index (κ3) is 3.30. The number of aliphatic hydroxyl groups excluding tert-OH is 1. The van der Waals surface area contributed by atoms with Crippen LogP contribution in [0.5, 0.6) is 0 Å². The van der Waals surface area contributed by atoms with Crippen LogP contribution in [-0.4, -0.2) is 31.9 Å². The molecule has 1 heterocycles. The van der Waals surface area contributed by atoms with Crippen molar-refractivity contribution in [2.24, 2.45) is 5.92 Å². The van der Waals surface area contributed by atoms with Crippen molar-refractivity contribution in [1.29, 1.82) is 0 Å². The first-order valence-corrected chi connectivity index (χ1v) is 7.25. The number of rotatable bonds is 4. The average molecular weight is 281 g/mol. The van der Waals surface area contributed by atoms with Gasteiger partial charge in [0, 0.05) is 38.1 Å². The van der Waals surface area contributed by atoms with Crippen molar-refractivity contribution in [2.75, 3.05) is 31.7 Å². The zero-order valence-electron chi connectivity index (χ0n) is 12.5. The number of benzene rings is 1. The quantitative estimate of drug-likeness (QED) is 0.920. The van der Waals surface area contributed by atoms with E-state index in [9.17, 15) is 9.50 Å². The minimum Gasteiger partial charge on any atom is -0.389 e. The number of aliphatic hydroxyl groups is 1. The molecular weight excluding hydrogens is 257 g/mol. The van der Waals surface area contributed by atoms with E-state index in [1.807, 2.05) is 6.07 Å². The predicted molar refractivity (Wildman–Crippen MR) is 78.6 cm³/mol. The Hall–Kier alpha value is -1.13. The molecule has 0 bridgehead atoms. The molecule has 0 unspecified atom stereocenters. The molecule has 3 nitrogen and oxygen atoms in total. The van der Waals surface area contributed by atoms with Crippen molar-refractivity contribution in [3.05, 3.63) is 29.1 Å². The predicted octanol–water partition coefficient (Wildman–Crippen LogP) is 3.05. The molecular formula is C16H24FNO2. The molecule has 2 rings (SSSR count). The molecule has 0 aromatic heterocycles. The highest BCUT2D eigenvalue weighted by Crippen LogP contribution is 2.32. The highest BCUT2D eigenvalue weighted by Gasteiger charge is 2.23. The second-order valence-corrected chi connectivity index (χ2v) is 5.72. The zero-order chi connectivity index (χ0) is 14.7. The topological polar surface area (TPSA) is 32.7 Å². The van der Waals surface area contributed by atoms with Gasteiger partial charge in [-0.15, -0.1) is 0 Å². The second-order valence-electron chi connectivity index (χ2n) is 5.72. The van der Waals surface area contributed by atoms with Gasteiger partial charge in [0.1, 0.15) is 5.82 Å². The summed E-state index contributed by atoms with van der Waals surface area (Å²) in [5.74, 6) is 0.353. The van der Waals surface area contributed by atoms with Crippen molar-refractivity contribution < 1.29 is 14.2 Å². The normalized spacial score (nSPS) is 18.4. The zero-order valence-corrected chi connectivity index (χ0v) is 12.5. The van der Waals surface area contributed by atoms with Gasteiger partial charge in [-0.2, -0.15) is 0 Å². The molecule has 0 radical (unpaired) electrons. The summed E-state index contributed by atoms with van der Waals surface area (Å²) in [6.07, 6.45) is 1.49. The lowest BCUT2D eigenvalue weighted by molar-refractivity contribution is 0.139. The fourth-order valence-corrected chi connectivity index (χ4v) is 2.87. The van der Waals surface area contributed by atoms with Crippen molar-refractivity contribution in [3.63, 3.8) is 0 Å². The van der Waals surface area contributed by atoms with Gasteiger partial charge in [-0.25, -0.2) is 4.39 Å². The number of hydrogen-bond donors (Lipinski definition) is 1. The summed E-state index contributed by atoms with van der Waals surface area (Å²) < 4.78 is 18.9. The summed E-state index contributed by atoms with van der Waals surface area (Å²) in [4.78, 5) is 2.25. The van der Waals surface area contributed by atoms with Crippen LogP contribution in [0, 0.1) is 18.7 Å². The van der Waals surface area contributed by atoms with E-state index in [0.717, 1.165) is 38.2 Å². The molecule has 0 saturated carbocycles. The van der Waals surface area contributed by atoms with Crippen molar-refractivity contribution in [1.82, 2.24) is 0 Å². The van der Waals surface area contributed by atoms with E-state index in [2.05, 4.69) is 4.90 Å². The highest BCUT2D eigenvalue weighted by atomic mass is 19.1. The fraction of sp³-hybridized carbons (Fsp3) is 0.625. The summed E-state index contributed by atoms with van der Waals surface area (Å²) in [7, 11) is 1.74. The molecule has 20 heavy (non-hydrogen) atoms. The SMILES string of the molecule is COCC1CCN(c2cc(C)c(F)cc2[C@@H](C)O)CC1. The molecule has 1 aromatic rings. The van der Waals surface area contributed by atoms with E-state index in [0.29, 0.717) is 17.0 Å². The van der Waals surface area contributed by atoms with E-state index in [1.54, 1.807) is 21.0 Å². The van der Waals surface area contributed by atoms with Crippen molar-refractivity contribution in [3.8, 4) is 0 Å². The Morgan fingerprint density at radius 3 is 2.60 bits per heavy atom. The van der Waals surface area contributed by atoms with E-state index in [-0.39, 0.29) is 5.82 Å².